The van der Waals surface area contributed by atoms with Crippen LogP contribution in [0.2, 0.25) is 0 Å². The van der Waals surface area contributed by atoms with E-state index in [-0.39, 0.29) is 11.0 Å². The lowest BCUT2D eigenvalue weighted by atomic mass is 10.2. The fourth-order valence-electron chi connectivity index (χ4n) is 2.13. The van der Waals surface area contributed by atoms with Crippen LogP contribution in [-0.2, 0) is 0 Å². The SMILES string of the molecule is CCCCCOc1ccc(NC(=S)NC(=O)c2cccnc2C)cn1. The van der Waals surface area contributed by atoms with Gasteiger partial charge in [-0.2, -0.15) is 0 Å². The molecule has 1 amide bonds. The predicted molar refractivity (Wildman–Crippen MR) is 102 cm³/mol. The van der Waals surface area contributed by atoms with Gasteiger partial charge < -0.3 is 10.1 Å². The molecule has 132 valence electrons. The maximum atomic E-state index is 12.2. The maximum absolute atomic E-state index is 12.2. The lowest BCUT2D eigenvalue weighted by molar-refractivity contribution is 0.0976. The average Bonchev–Trinajstić information content (AvgIpc) is 2.60. The standard InChI is InChI=1S/C18H22N4O2S/c1-3-4-5-11-24-16-9-8-14(12-20-16)21-18(25)22-17(23)15-7-6-10-19-13(15)2/h6-10,12H,3-5,11H2,1-2H3,(H2,21,22,23,25). The van der Waals surface area contributed by atoms with Crippen molar-refractivity contribution in [1.82, 2.24) is 15.3 Å². The summed E-state index contributed by atoms with van der Waals surface area (Å²) in [5.41, 5.74) is 1.81. The van der Waals surface area contributed by atoms with E-state index in [1.165, 1.54) is 0 Å². The number of pyridine rings is 2. The Morgan fingerprint density at radius 1 is 1.24 bits per heavy atom. The Bertz CT molecular complexity index is 719. The van der Waals surface area contributed by atoms with Gasteiger partial charge in [-0.25, -0.2) is 4.98 Å². The molecule has 6 nitrogen and oxygen atoms in total. The summed E-state index contributed by atoms with van der Waals surface area (Å²) in [4.78, 5) is 20.5. The monoisotopic (exact) mass is 358 g/mol. The van der Waals surface area contributed by atoms with E-state index >= 15 is 0 Å². The van der Waals surface area contributed by atoms with Crippen LogP contribution >= 0.6 is 12.2 Å². The minimum atomic E-state index is -0.299. The van der Waals surface area contributed by atoms with Gasteiger partial charge in [0.25, 0.3) is 5.91 Å². The fourth-order valence-corrected chi connectivity index (χ4v) is 2.34. The molecule has 0 saturated heterocycles. The van der Waals surface area contributed by atoms with Crippen molar-refractivity contribution < 1.29 is 9.53 Å². The molecule has 0 aromatic carbocycles. The second kappa shape index (κ2) is 9.68. The minimum Gasteiger partial charge on any atom is -0.478 e. The quantitative estimate of drug-likeness (QED) is 0.583. The summed E-state index contributed by atoms with van der Waals surface area (Å²) in [6.07, 6.45) is 6.57. The summed E-state index contributed by atoms with van der Waals surface area (Å²) >= 11 is 5.16. The van der Waals surface area contributed by atoms with Crippen molar-refractivity contribution >= 4 is 28.9 Å². The Hall–Kier alpha value is -2.54. The molecule has 0 aliphatic heterocycles. The normalized spacial score (nSPS) is 10.2. The molecular formula is C18H22N4O2S. The van der Waals surface area contributed by atoms with Crippen LogP contribution < -0.4 is 15.4 Å². The van der Waals surface area contributed by atoms with Crippen LogP contribution in [0, 0.1) is 6.92 Å². The number of thiocarbonyl (C=S) groups is 1. The molecule has 0 fully saturated rings. The molecule has 2 N–H and O–H groups in total. The minimum absolute atomic E-state index is 0.201. The summed E-state index contributed by atoms with van der Waals surface area (Å²) in [6, 6.07) is 6.98. The molecule has 0 unspecified atom stereocenters. The summed E-state index contributed by atoms with van der Waals surface area (Å²) in [7, 11) is 0. The summed E-state index contributed by atoms with van der Waals surface area (Å²) < 4.78 is 5.56. The van der Waals surface area contributed by atoms with Crippen molar-refractivity contribution in [2.75, 3.05) is 11.9 Å². The Morgan fingerprint density at radius 3 is 2.76 bits per heavy atom. The number of anilines is 1. The first-order valence-corrected chi connectivity index (χ1v) is 8.63. The van der Waals surface area contributed by atoms with Crippen LogP contribution in [0.25, 0.3) is 0 Å². The molecule has 2 aromatic heterocycles. The Labute approximate surface area is 153 Å². The molecule has 25 heavy (non-hydrogen) atoms. The highest BCUT2D eigenvalue weighted by atomic mass is 32.1. The topological polar surface area (TPSA) is 76.1 Å². The summed E-state index contributed by atoms with van der Waals surface area (Å²) in [5.74, 6) is 0.273. The second-order valence-corrected chi connectivity index (χ2v) is 5.89. The Balaban J connectivity index is 1.84. The highest BCUT2D eigenvalue weighted by Gasteiger charge is 2.11. The van der Waals surface area contributed by atoms with Crippen molar-refractivity contribution in [1.29, 1.82) is 0 Å². The molecule has 0 aliphatic carbocycles. The number of rotatable bonds is 7. The number of unbranched alkanes of at least 4 members (excludes halogenated alkanes) is 2. The van der Waals surface area contributed by atoms with E-state index in [1.54, 1.807) is 43.6 Å². The van der Waals surface area contributed by atoms with Crippen LogP contribution in [0.1, 0.15) is 42.2 Å². The number of nitrogens with zero attached hydrogens (tertiary/aromatic N) is 2. The van der Waals surface area contributed by atoms with E-state index < -0.39 is 0 Å². The van der Waals surface area contributed by atoms with Gasteiger partial charge in [0.2, 0.25) is 5.88 Å². The maximum Gasteiger partial charge on any atom is 0.259 e. The Kier molecular flexibility index (Phi) is 7.28. The molecule has 2 heterocycles. The number of hydrogen-bond acceptors (Lipinski definition) is 5. The third kappa shape index (κ3) is 6.11. The van der Waals surface area contributed by atoms with E-state index in [4.69, 9.17) is 17.0 Å². The van der Waals surface area contributed by atoms with Crippen LogP contribution in [0.15, 0.2) is 36.7 Å². The summed E-state index contributed by atoms with van der Waals surface area (Å²) in [5, 5.41) is 5.76. The van der Waals surface area contributed by atoms with Crippen LogP contribution in [0.4, 0.5) is 5.69 Å². The molecular weight excluding hydrogens is 336 g/mol. The van der Waals surface area contributed by atoms with Gasteiger partial charge in [0.1, 0.15) is 0 Å². The van der Waals surface area contributed by atoms with E-state index in [2.05, 4.69) is 27.5 Å². The van der Waals surface area contributed by atoms with Crippen molar-refractivity contribution in [2.24, 2.45) is 0 Å². The first-order chi connectivity index (χ1) is 12.1. The summed E-state index contributed by atoms with van der Waals surface area (Å²) in [6.45, 7) is 4.58. The number of nitrogens with one attached hydrogen (secondary N) is 2. The van der Waals surface area contributed by atoms with Gasteiger partial charge in [-0.05, 0) is 43.8 Å². The van der Waals surface area contributed by atoms with Crippen LogP contribution in [-0.4, -0.2) is 27.6 Å². The third-order valence-electron chi connectivity index (χ3n) is 3.47. The van der Waals surface area contributed by atoms with Crippen molar-refractivity contribution in [3.05, 3.63) is 47.9 Å². The zero-order valence-corrected chi connectivity index (χ0v) is 15.2. The van der Waals surface area contributed by atoms with Crippen LogP contribution in [0.3, 0.4) is 0 Å². The van der Waals surface area contributed by atoms with E-state index in [9.17, 15) is 4.79 Å². The predicted octanol–water partition coefficient (Wildman–Crippen LogP) is 3.48. The fraction of sp³-hybridized carbons (Fsp3) is 0.333. The van der Waals surface area contributed by atoms with E-state index in [0.29, 0.717) is 29.4 Å². The van der Waals surface area contributed by atoms with E-state index in [1.807, 2.05) is 0 Å². The Morgan fingerprint density at radius 2 is 2.08 bits per heavy atom. The number of aromatic nitrogens is 2. The van der Waals surface area contributed by atoms with Gasteiger partial charge >= 0.3 is 0 Å². The van der Waals surface area contributed by atoms with Crippen molar-refractivity contribution in [3.63, 3.8) is 0 Å². The number of hydrogen-bond donors (Lipinski definition) is 2. The molecule has 0 aliphatic rings. The zero-order valence-electron chi connectivity index (χ0n) is 14.4. The molecule has 7 heteroatoms. The number of carbonyl (C=O) groups excluding carboxylic acids is 1. The van der Waals surface area contributed by atoms with Crippen LogP contribution in [0.5, 0.6) is 5.88 Å². The number of ether oxygens (including phenoxy) is 1. The molecule has 0 bridgehead atoms. The van der Waals surface area contributed by atoms with E-state index in [0.717, 1.165) is 19.3 Å². The zero-order chi connectivity index (χ0) is 18.1. The second-order valence-electron chi connectivity index (χ2n) is 5.49. The lowest BCUT2D eigenvalue weighted by Crippen LogP contribution is -2.34. The number of amides is 1. The average molecular weight is 358 g/mol. The molecule has 0 radical (unpaired) electrons. The first-order valence-electron chi connectivity index (χ1n) is 8.23. The lowest BCUT2D eigenvalue weighted by Gasteiger charge is -2.11. The number of aryl methyl sites for hydroxylation is 1. The first kappa shape index (κ1) is 18.8. The van der Waals surface area contributed by atoms with Gasteiger partial charge in [0, 0.05) is 18.0 Å². The van der Waals surface area contributed by atoms with Gasteiger partial charge in [-0.15, -0.1) is 0 Å². The number of carbonyl (C=O) groups is 1. The van der Waals surface area contributed by atoms with Crippen molar-refractivity contribution in [2.45, 2.75) is 33.1 Å². The van der Waals surface area contributed by atoms with Gasteiger partial charge in [0.05, 0.1) is 24.1 Å². The highest BCUT2D eigenvalue weighted by Crippen LogP contribution is 2.12. The molecule has 0 saturated carbocycles. The molecule has 2 rings (SSSR count). The van der Waals surface area contributed by atoms with Crippen molar-refractivity contribution in [3.8, 4) is 5.88 Å². The van der Waals surface area contributed by atoms with Gasteiger partial charge in [0.15, 0.2) is 5.11 Å². The smallest absolute Gasteiger partial charge is 0.259 e. The molecule has 0 spiro atoms. The molecule has 0 atom stereocenters. The largest absolute Gasteiger partial charge is 0.478 e. The third-order valence-corrected chi connectivity index (χ3v) is 3.67. The van der Waals surface area contributed by atoms with Gasteiger partial charge in [-0.1, -0.05) is 19.8 Å². The van der Waals surface area contributed by atoms with Gasteiger partial charge in [-0.3, -0.25) is 15.1 Å². The highest BCUT2D eigenvalue weighted by molar-refractivity contribution is 7.80. The molecule has 2 aromatic rings.